The molecule has 0 bridgehead atoms. The van der Waals surface area contributed by atoms with Crippen LogP contribution in [0.4, 0.5) is 0 Å². The van der Waals surface area contributed by atoms with Crippen molar-refractivity contribution in [3.8, 4) is 0 Å². The summed E-state index contributed by atoms with van der Waals surface area (Å²) < 4.78 is 6.56. The molecule has 1 aromatic rings. The molecule has 2 nitrogen and oxygen atoms in total. The third-order valence-electron chi connectivity index (χ3n) is 3.43. The maximum absolute atomic E-state index is 5.37. The van der Waals surface area contributed by atoms with E-state index in [9.17, 15) is 0 Å². The molecule has 0 amide bonds. The Balaban J connectivity index is 1.84. The molecular formula is C14H20BrNO. The van der Waals surface area contributed by atoms with Gasteiger partial charge in [-0.15, -0.1) is 0 Å². The number of nitrogens with one attached hydrogen (secondary N) is 1. The lowest BCUT2D eigenvalue weighted by Crippen LogP contribution is -2.29. The Morgan fingerprint density at radius 2 is 2.06 bits per heavy atom. The van der Waals surface area contributed by atoms with Gasteiger partial charge in [0.2, 0.25) is 0 Å². The van der Waals surface area contributed by atoms with E-state index in [2.05, 4.69) is 52.4 Å². The minimum Gasteiger partial charge on any atom is -0.381 e. The maximum atomic E-state index is 5.37. The maximum Gasteiger partial charge on any atom is 0.0469 e. The molecule has 0 radical (unpaired) electrons. The Morgan fingerprint density at radius 1 is 1.35 bits per heavy atom. The summed E-state index contributed by atoms with van der Waals surface area (Å²) in [5.74, 6) is 0.772. The van der Waals surface area contributed by atoms with E-state index in [0.717, 1.165) is 25.7 Å². The largest absolute Gasteiger partial charge is 0.381 e. The fourth-order valence-electron chi connectivity index (χ4n) is 2.23. The number of ether oxygens (including phenoxy) is 1. The van der Waals surface area contributed by atoms with Gasteiger partial charge in [-0.2, -0.15) is 0 Å². The smallest absolute Gasteiger partial charge is 0.0469 e. The minimum atomic E-state index is 0.397. The van der Waals surface area contributed by atoms with Gasteiger partial charge >= 0.3 is 0 Å². The Hall–Kier alpha value is -0.380. The summed E-state index contributed by atoms with van der Waals surface area (Å²) in [6.07, 6.45) is 2.38. The highest BCUT2D eigenvalue weighted by Crippen LogP contribution is 2.23. The average molecular weight is 298 g/mol. The van der Waals surface area contributed by atoms with Crippen LogP contribution in [0, 0.1) is 5.92 Å². The Kier molecular flexibility index (Phi) is 5.01. The molecule has 0 saturated carbocycles. The summed E-state index contributed by atoms with van der Waals surface area (Å²) in [5, 5.41) is 3.62. The molecule has 0 spiro atoms. The molecule has 3 heteroatoms. The molecule has 17 heavy (non-hydrogen) atoms. The highest BCUT2D eigenvalue weighted by Gasteiger charge is 2.15. The quantitative estimate of drug-likeness (QED) is 0.918. The van der Waals surface area contributed by atoms with Crippen molar-refractivity contribution in [3.63, 3.8) is 0 Å². The Bertz CT molecular complexity index is 350. The first-order chi connectivity index (χ1) is 8.27. The molecule has 94 valence electrons. The molecule has 1 atom stereocenters. The highest BCUT2D eigenvalue weighted by molar-refractivity contribution is 9.10. The summed E-state index contributed by atoms with van der Waals surface area (Å²) in [6, 6.07) is 8.81. The van der Waals surface area contributed by atoms with Crippen molar-refractivity contribution >= 4 is 15.9 Å². The van der Waals surface area contributed by atoms with Crippen LogP contribution >= 0.6 is 15.9 Å². The first-order valence-corrected chi connectivity index (χ1v) is 7.12. The molecule has 1 saturated heterocycles. The van der Waals surface area contributed by atoms with Crippen LogP contribution in [0.3, 0.4) is 0 Å². The van der Waals surface area contributed by atoms with Gasteiger partial charge in [0.25, 0.3) is 0 Å². The second-order valence-electron chi connectivity index (χ2n) is 4.71. The molecule has 0 unspecified atom stereocenters. The summed E-state index contributed by atoms with van der Waals surface area (Å²) in [4.78, 5) is 0. The summed E-state index contributed by atoms with van der Waals surface area (Å²) in [7, 11) is 0. The molecule has 2 rings (SSSR count). The van der Waals surface area contributed by atoms with E-state index in [1.54, 1.807) is 0 Å². The number of halogens is 1. The van der Waals surface area contributed by atoms with Crippen molar-refractivity contribution in [1.29, 1.82) is 0 Å². The minimum absolute atomic E-state index is 0.397. The zero-order chi connectivity index (χ0) is 12.1. The van der Waals surface area contributed by atoms with E-state index < -0.39 is 0 Å². The summed E-state index contributed by atoms with van der Waals surface area (Å²) >= 11 is 3.60. The first kappa shape index (κ1) is 13.1. The van der Waals surface area contributed by atoms with Gasteiger partial charge in [0.1, 0.15) is 0 Å². The molecule has 0 aliphatic carbocycles. The van der Waals surface area contributed by atoms with Crippen molar-refractivity contribution in [1.82, 2.24) is 5.32 Å². The average Bonchev–Trinajstić information content (AvgIpc) is 2.38. The van der Waals surface area contributed by atoms with Crippen LogP contribution in [0.15, 0.2) is 28.7 Å². The van der Waals surface area contributed by atoms with Crippen molar-refractivity contribution in [2.75, 3.05) is 19.8 Å². The predicted octanol–water partition coefficient (Wildman–Crippen LogP) is 3.53. The molecular weight excluding hydrogens is 278 g/mol. The first-order valence-electron chi connectivity index (χ1n) is 6.33. The molecule has 1 N–H and O–H groups in total. The van der Waals surface area contributed by atoms with Gasteiger partial charge in [0, 0.05) is 23.7 Å². The van der Waals surface area contributed by atoms with Crippen molar-refractivity contribution in [3.05, 3.63) is 34.3 Å². The van der Waals surface area contributed by atoms with E-state index >= 15 is 0 Å². The third-order valence-corrected chi connectivity index (χ3v) is 4.15. The molecule has 0 aromatic heterocycles. The molecule has 1 heterocycles. The van der Waals surface area contributed by atoms with E-state index in [0.29, 0.717) is 6.04 Å². The highest BCUT2D eigenvalue weighted by atomic mass is 79.9. The van der Waals surface area contributed by atoms with Gasteiger partial charge in [0.05, 0.1) is 0 Å². The van der Waals surface area contributed by atoms with Crippen LogP contribution < -0.4 is 5.32 Å². The van der Waals surface area contributed by atoms with Crippen LogP contribution in [0.25, 0.3) is 0 Å². The summed E-state index contributed by atoms with van der Waals surface area (Å²) in [6.45, 7) is 5.16. The normalized spacial score (nSPS) is 19.2. The summed E-state index contributed by atoms with van der Waals surface area (Å²) in [5.41, 5.74) is 1.33. The number of benzene rings is 1. The van der Waals surface area contributed by atoms with Gasteiger partial charge in [-0.25, -0.2) is 0 Å². The fourth-order valence-corrected chi connectivity index (χ4v) is 2.86. The molecule has 1 aliphatic heterocycles. The van der Waals surface area contributed by atoms with Crippen LogP contribution in [-0.2, 0) is 4.74 Å². The standard InChI is InChI=1S/C14H20BrNO/c1-11(13-4-2-3-5-14(13)15)16-10-12-6-8-17-9-7-12/h2-5,11-12,16H,6-10H2,1H3/t11-/m1/s1. The van der Waals surface area contributed by atoms with Crippen LogP contribution in [-0.4, -0.2) is 19.8 Å². The SMILES string of the molecule is C[C@@H](NCC1CCOCC1)c1ccccc1Br. The van der Waals surface area contributed by atoms with Gasteiger partial charge in [-0.05, 0) is 43.9 Å². The third kappa shape index (κ3) is 3.80. The van der Waals surface area contributed by atoms with Crippen molar-refractivity contribution in [2.45, 2.75) is 25.8 Å². The van der Waals surface area contributed by atoms with Gasteiger partial charge in [-0.3, -0.25) is 0 Å². The zero-order valence-corrected chi connectivity index (χ0v) is 11.9. The van der Waals surface area contributed by atoms with E-state index in [1.165, 1.54) is 22.9 Å². The lowest BCUT2D eigenvalue weighted by molar-refractivity contribution is 0.0656. The van der Waals surface area contributed by atoms with Crippen molar-refractivity contribution in [2.24, 2.45) is 5.92 Å². The number of hydrogen-bond acceptors (Lipinski definition) is 2. The molecule has 1 aliphatic rings. The monoisotopic (exact) mass is 297 g/mol. The molecule has 1 fully saturated rings. The second-order valence-corrected chi connectivity index (χ2v) is 5.56. The fraction of sp³-hybridized carbons (Fsp3) is 0.571. The van der Waals surface area contributed by atoms with Crippen LogP contribution in [0.2, 0.25) is 0 Å². The Labute approximate surface area is 112 Å². The van der Waals surface area contributed by atoms with Gasteiger partial charge < -0.3 is 10.1 Å². The van der Waals surface area contributed by atoms with Crippen molar-refractivity contribution < 1.29 is 4.74 Å². The Morgan fingerprint density at radius 3 is 2.76 bits per heavy atom. The predicted molar refractivity (Wildman–Crippen MR) is 74.1 cm³/mol. The topological polar surface area (TPSA) is 21.3 Å². The van der Waals surface area contributed by atoms with Gasteiger partial charge in [0.15, 0.2) is 0 Å². The second kappa shape index (κ2) is 6.53. The van der Waals surface area contributed by atoms with E-state index in [-0.39, 0.29) is 0 Å². The van der Waals surface area contributed by atoms with Crippen LogP contribution in [0.5, 0.6) is 0 Å². The van der Waals surface area contributed by atoms with Crippen LogP contribution in [0.1, 0.15) is 31.4 Å². The lowest BCUT2D eigenvalue weighted by Gasteiger charge is -2.24. The molecule has 1 aromatic carbocycles. The number of rotatable bonds is 4. The van der Waals surface area contributed by atoms with Gasteiger partial charge in [-0.1, -0.05) is 34.1 Å². The number of hydrogen-bond donors (Lipinski definition) is 1. The van der Waals surface area contributed by atoms with E-state index in [4.69, 9.17) is 4.74 Å². The lowest BCUT2D eigenvalue weighted by atomic mass is 9.99. The zero-order valence-electron chi connectivity index (χ0n) is 10.3. The van der Waals surface area contributed by atoms with E-state index in [1.807, 2.05) is 0 Å².